The number of carbonyl (C=O) groups excluding carboxylic acids is 1. The van der Waals surface area contributed by atoms with Crippen molar-refractivity contribution in [3.63, 3.8) is 0 Å². The maximum atomic E-state index is 11.9. The minimum Gasteiger partial charge on any atom is -0.504 e. The molecule has 2 aromatic carbocycles. The molecule has 0 heterocycles. The lowest BCUT2D eigenvalue weighted by molar-refractivity contribution is 0.0955. The van der Waals surface area contributed by atoms with Crippen LogP contribution in [0.15, 0.2) is 41.5 Å². The molecule has 1 amide bonds. The molecule has 2 rings (SSSR count). The van der Waals surface area contributed by atoms with Gasteiger partial charge in [-0.05, 0) is 30.3 Å². The predicted molar refractivity (Wildman–Crippen MR) is 86.2 cm³/mol. The number of benzene rings is 2. The molecule has 0 saturated carbocycles. The summed E-state index contributed by atoms with van der Waals surface area (Å²) in [6, 6.07) is 9.17. The van der Waals surface area contributed by atoms with E-state index in [0.29, 0.717) is 21.2 Å². The summed E-state index contributed by atoms with van der Waals surface area (Å²) in [5.74, 6) is -0.285. The SMILES string of the molecule is COc1cc(C(=O)N/N=C/c2ccc(Cl)cc2Cl)ccc1O. The van der Waals surface area contributed by atoms with Gasteiger partial charge in [0.15, 0.2) is 11.5 Å². The highest BCUT2D eigenvalue weighted by Crippen LogP contribution is 2.26. The number of carbonyl (C=O) groups is 1. The molecule has 22 heavy (non-hydrogen) atoms. The first-order valence-electron chi connectivity index (χ1n) is 6.16. The fourth-order valence-corrected chi connectivity index (χ4v) is 2.11. The molecule has 0 bridgehead atoms. The molecule has 0 fully saturated rings. The van der Waals surface area contributed by atoms with Crippen LogP contribution in [-0.2, 0) is 0 Å². The molecule has 0 aliphatic rings. The summed E-state index contributed by atoms with van der Waals surface area (Å²) in [4.78, 5) is 11.9. The van der Waals surface area contributed by atoms with Gasteiger partial charge < -0.3 is 9.84 Å². The topological polar surface area (TPSA) is 70.9 Å². The van der Waals surface area contributed by atoms with Crippen LogP contribution in [0.5, 0.6) is 11.5 Å². The highest BCUT2D eigenvalue weighted by Gasteiger charge is 2.09. The van der Waals surface area contributed by atoms with Gasteiger partial charge in [0, 0.05) is 16.1 Å². The largest absolute Gasteiger partial charge is 0.504 e. The Morgan fingerprint density at radius 3 is 2.73 bits per heavy atom. The van der Waals surface area contributed by atoms with Crippen molar-refractivity contribution in [1.29, 1.82) is 0 Å². The van der Waals surface area contributed by atoms with E-state index in [0.717, 1.165) is 0 Å². The fourth-order valence-electron chi connectivity index (χ4n) is 1.65. The Labute approximate surface area is 137 Å². The van der Waals surface area contributed by atoms with Crippen molar-refractivity contribution >= 4 is 35.3 Å². The smallest absolute Gasteiger partial charge is 0.271 e. The Bertz CT molecular complexity index is 733. The number of halogens is 2. The molecule has 7 heteroatoms. The van der Waals surface area contributed by atoms with Gasteiger partial charge in [-0.1, -0.05) is 29.3 Å². The van der Waals surface area contributed by atoms with E-state index in [4.69, 9.17) is 27.9 Å². The first-order chi connectivity index (χ1) is 10.5. The van der Waals surface area contributed by atoms with Crippen LogP contribution in [0.25, 0.3) is 0 Å². The predicted octanol–water partition coefficient (Wildman–Crippen LogP) is 3.47. The summed E-state index contributed by atoms with van der Waals surface area (Å²) in [7, 11) is 1.40. The highest BCUT2D eigenvalue weighted by molar-refractivity contribution is 6.36. The Balaban J connectivity index is 2.07. The van der Waals surface area contributed by atoms with Gasteiger partial charge in [0.05, 0.1) is 18.3 Å². The first kappa shape index (κ1) is 16.1. The van der Waals surface area contributed by atoms with E-state index in [1.807, 2.05) is 0 Å². The van der Waals surface area contributed by atoms with E-state index in [2.05, 4.69) is 10.5 Å². The maximum Gasteiger partial charge on any atom is 0.271 e. The zero-order valence-electron chi connectivity index (χ0n) is 11.5. The third kappa shape index (κ3) is 3.90. The van der Waals surface area contributed by atoms with E-state index < -0.39 is 5.91 Å². The molecule has 0 aromatic heterocycles. The molecule has 0 saturated heterocycles. The summed E-state index contributed by atoms with van der Waals surface area (Å²) >= 11 is 11.8. The number of amides is 1. The number of aromatic hydroxyl groups is 1. The molecule has 0 atom stereocenters. The minimum absolute atomic E-state index is 0.0458. The standard InChI is InChI=1S/C15H12Cl2N2O3/c1-22-14-6-9(3-5-13(14)20)15(21)19-18-8-10-2-4-11(16)7-12(10)17/h2-8,20H,1H3,(H,19,21)/b18-8+. The van der Waals surface area contributed by atoms with Crippen molar-refractivity contribution in [2.45, 2.75) is 0 Å². The van der Waals surface area contributed by atoms with Crippen LogP contribution >= 0.6 is 23.2 Å². The van der Waals surface area contributed by atoms with Gasteiger partial charge in [-0.25, -0.2) is 5.43 Å². The number of nitrogens with zero attached hydrogens (tertiary/aromatic N) is 1. The number of hydrogen-bond donors (Lipinski definition) is 2. The average Bonchev–Trinajstić information content (AvgIpc) is 2.49. The zero-order chi connectivity index (χ0) is 16.1. The Morgan fingerprint density at radius 1 is 1.27 bits per heavy atom. The summed E-state index contributed by atoms with van der Waals surface area (Å²) in [5.41, 5.74) is 3.28. The molecule has 114 valence electrons. The van der Waals surface area contributed by atoms with Crippen LogP contribution in [-0.4, -0.2) is 24.3 Å². The summed E-state index contributed by atoms with van der Waals surface area (Å²) < 4.78 is 4.94. The number of hydrazone groups is 1. The lowest BCUT2D eigenvalue weighted by atomic mass is 10.2. The number of ether oxygens (including phenoxy) is 1. The van der Waals surface area contributed by atoms with Crippen LogP contribution < -0.4 is 10.2 Å². The number of phenols is 1. The van der Waals surface area contributed by atoms with E-state index in [1.165, 1.54) is 31.5 Å². The van der Waals surface area contributed by atoms with Crippen LogP contribution in [0.2, 0.25) is 10.0 Å². The Hall–Kier alpha value is -2.24. The zero-order valence-corrected chi connectivity index (χ0v) is 13.0. The Kier molecular flexibility index (Phi) is 5.25. The maximum absolute atomic E-state index is 11.9. The molecule has 0 spiro atoms. The second-order valence-corrected chi connectivity index (χ2v) is 5.10. The summed E-state index contributed by atoms with van der Waals surface area (Å²) in [6.45, 7) is 0. The number of methoxy groups -OCH3 is 1. The van der Waals surface area contributed by atoms with Gasteiger partial charge in [-0.15, -0.1) is 0 Å². The number of rotatable bonds is 4. The van der Waals surface area contributed by atoms with Crippen LogP contribution in [0, 0.1) is 0 Å². The monoisotopic (exact) mass is 338 g/mol. The average molecular weight is 339 g/mol. The number of nitrogens with one attached hydrogen (secondary N) is 1. The number of hydrogen-bond acceptors (Lipinski definition) is 4. The lowest BCUT2D eigenvalue weighted by Gasteiger charge is -2.05. The highest BCUT2D eigenvalue weighted by atomic mass is 35.5. The molecule has 0 aliphatic heterocycles. The van der Waals surface area contributed by atoms with Gasteiger partial charge >= 0.3 is 0 Å². The van der Waals surface area contributed by atoms with Gasteiger partial charge in [0.25, 0.3) is 5.91 Å². The second-order valence-electron chi connectivity index (χ2n) is 4.25. The first-order valence-corrected chi connectivity index (χ1v) is 6.92. The normalized spacial score (nSPS) is 10.7. The molecular weight excluding hydrogens is 327 g/mol. The van der Waals surface area contributed by atoms with Crippen molar-refractivity contribution in [3.05, 3.63) is 57.6 Å². The van der Waals surface area contributed by atoms with Gasteiger partial charge in [-0.3, -0.25) is 4.79 Å². The fraction of sp³-hybridized carbons (Fsp3) is 0.0667. The van der Waals surface area contributed by atoms with E-state index in [-0.39, 0.29) is 11.5 Å². The summed E-state index contributed by atoms with van der Waals surface area (Å²) in [5, 5.41) is 14.3. The Morgan fingerprint density at radius 2 is 2.05 bits per heavy atom. The van der Waals surface area contributed by atoms with E-state index in [9.17, 15) is 9.90 Å². The molecular formula is C15H12Cl2N2O3. The van der Waals surface area contributed by atoms with Crippen molar-refractivity contribution in [2.75, 3.05) is 7.11 Å². The molecule has 0 radical (unpaired) electrons. The van der Waals surface area contributed by atoms with Crippen LogP contribution in [0.3, 0.4) is 0 Å². The molecule has 5 nitrogen and oxygen atoms in total. The third-order valence-corrected chi connectivity index (χ3v) is 3.34. The molecule has 2 aromatic rings. The van der Waals surface area contributed by atoms with E-state index >= 15 is 0 Å². The molecule has 0 aliphatic carbocycles. The number of phenolic OH excluding ortho intramolecular Hbond substituents is 1. The summed E-state index contributed by atoms with van der Waals surface area (Å²) in [6.07, 6.45) is 1.41. The van der Waals surface area contributed by atoms with Crippen LogP contribution in [0.1, 0.15) is 15.9 Å². The van der Waals surface area contributed by atoms with Crippen molar-refractivity contribution in [3.8, 4) is 11.5 Å². The van der Waals surface area contributed by atoms with Crippen LogP contribution in [0.4, 0.5) is 0 Å². The van der Waals surface area contributed by atoms with Gasteiger partial charge in [0.2, 0.25) is 0 Å². The van der Waals surface area contributed by atoms with Gasteiger partial charge in [-0.2, -0.15) is 5.10 Å². The van der Waals surface area contributed by atoms with E-state index in [1.54, 1.807) is 18.2 Å². The van der Waals surface area contributed by atoms with Crippen molar-refractivity contribution < 1.29 is 14.6 Å². The third-order valence-electron chi connectivity index (χ3n) is 2.77. The quantitative estimate of drug-likeness (QED) is 0.662. The van der Waals surface area contributed by atoms with Crippen molar-refractivity contribution in [2.24, 2.45) is 5.10 Å². The second kappa shape index (κ2) is 7.15. The molecule has 2 N–H and O–H groups in total. The molecule has 0 unspecified atom stereocenters. The van der Waals surface area contributed by atoms with Crippen molar-refractivity contribution in [1.82, 2.24) is 5.43 Å². The lowest BCUT2D eigenvalue weighted by Crippen LogP contribution is -2.17. The van der Waals surface area contributed by atoms with Gasteiger partial charge in [0.1, 0.15) is 0 Å². The minimum atomic E-state index is -0.445.